The Bertz CT molecular complexity index is 415. The molecule has 0 unspecified atom stereocenters. The van der Waals surface area contributed by atoms with E-state index in [2.05, 4.69) is 17.1 Å². The molecule has 98 valence electrons. The van der Waals surface area contributed by atoms with Gasteiger partial charge in [0.2, 0.25) is 5.91 Å². The number of amides is 1. The van der Waals surface area contributed by atoms with Crippen LogP contribution in [0.15, 0.2) is 24.3 Å². The minimum atomic E-state index is 0.0553. The van der Waals surface area contributed by atoms with Crippen molar-refractivity contribution in [1.82, 2.24) is 4.90 Å². The summed E-state index contributed by atoms with van der Waals surface area (Å²) in [6.45, 7) is 4.01. The first kappa shape index (κ1) is 12.9. The molecule has 2 rings (SSSR count). The lowest BCUT2D eigenvalue weighted by Crippen LogP contribution is -2.29. The van der Waals surface area contributed by atoms with Gasteiger partial charge < -0.3 is 16.0 Å². The van der Waals surface area contributed by atoms with Gasteiger partial charge in [0.05, 0.1) is 0 Å². The lowest BCUT2D eigenvalue weighted by molar-refractivity contribution is -0.116. The largest absolute Gasteiger partial charge is 0.399 e. The first-order valence-electron chi connectivity index (χ1n) is 6.58. The summed E-state index contributed by atoms with van der Waals surface area (Å²) in [7, 11) is 0. The van der Waals surface area contributed by atoms with Gasteiger partial charge in [-0.25, -0.2) is 0 Å². The second-order valence-corrected chi connectivity index (χ2v) is 4.78. The van der Waals surface area contributed by atoms with Crippen molar-refractivity contribution in [1.29, 1.82) is 0 Å². The van der Waals surface area contributed by atoms with Crippen LogP contribution in [0, 0.1) is 0 Å². The zero-order chi connectivity index (χ0) is 13.0. The highest BCUT2D eigenvalue weighted by Crippen LogP contribution is 2.26. The summed E-state index contributed by atoms with van der Waals surface area (Å²) < 4.78 is 0. The van der Waals surface area contributed by atoms with E-state index >= 15 is 0 Å². The maximum Gasteiger partial charge on any atom is 0.225 e. The van der Waals surface area contributed by atoms with Gasteiger partial charge in [-0.15, -0.1) is 0 Å². The molecule has 1 amide bonds. The van der Waals surface area contributed by atoms with Gasteiger partial charge in [0, 0.05) is 30.4 Å². The lowest BCUT2D eigenvalue weighted by atomic mass is 10.2. The molecular formula is C14H21N3O. The summed E-state index contributed by atoms with van der Waals surface area (Å²) >= 11 is 0. The highest BCUT2D eigenvalue weighted by Gasteiger charge is 2.27. The van der Waals surface area contributed by atoms with Crippen molar-refractivity contribution >= 4 is 17.3 Å². The van der Waals surface area contributed by atoms with Crippen LogP contribution in [0.4, 0.5) is 11.4 Å². The number of nitrogen functional groups attached to an aromatic ring is 1. The first-order chi connectivity index (χ1) is 8.69. The molecular weight excluding hydrogens is 226 g/mol. The molecule has 4 heteroatoms. The number of nitrogens with one attached hydrogen (secondary N) is 1. The van der Waals surface area contributed by atoms with Crippen LogP contribution in [0.1, 0.15) is 26.2 Å². The molecule has 1 aromatic rings. The molecule has 0 radical (unpaired) electrons. The predicted molar refractivity (Wildman–Crippen MR) is 74.4 cm³/mol. The highest BCUT2D eigenvalue weighted by molar-refractivity contribution is 5.91. The van der Waals surface area contributed by atoms with Crippen molar-refractivity contribution in [2.75, 3.05) is 24.1 Å². The number of carbonyl (C=O) groups excluding carboxylic acids is 1. The third-order valence-corrected chi connectivity index (χ3v) is 3.27. The molecule has 1 aromatic carbocycles. The number of nitrogens with zero attached hydrogens (tertiary/aromatic N) is 1. The van der Waals surface area contributed by atoms with Crippen LogP contribution in [-0.2, 0) is 4.79 Å². The van der Waals surface area contributed by atoms with Crippen molar-refractivity contribution in [2.24, 2.45) is 0 Å². The van der Waals surface area contributed by atoms with E-state index in [0.717, 1.165) is 24.8 Å². The Morgan fingerprint density at radius 2 is 2.28 bits per heavy atom. The second kappa shape index (κ2) is 5.87. The van der Waals surface area contributed by atoms with Gasteiger partial charge in [-0.2, -0.15) is 0 Å². The molecule has 0 aliphatic heterocycles. The van der Waals surface area contributed by atoms with Gasteiger partial charge in [-0.1, -0.05) is 13.0 Å². The zero-order valence-electron chi connectivity index (χ0n) is 10.9. The molecule has 0 heterocycles. The molecule has 1 aliphatic rings. The number of benzene rings is 1. The van der Waals surface area contributed by atoms with Crippen LogP contribution >= 0.6 is 0 Å². The maximum absolute atomic E-state index is 11.8. The average molecular weight is 247 g/mol. The van der Waals surface area contributed by atoms with Gasteiger partial charge in [0.1, 0.15) is 0 Å². The van der Waals surface area contributed by atoms with Crippen LogP contribution in [0.5, 0.6) is 0 Å². The third kappa shape index (κ3) is 3.74. The summed E-state index contributed by atoms with van der Waals surface area (Å²) in [6, 6.07) is 7.99. The van der Waals surface area contributed by atoms with E-state index in [9.17, 15) is 4.79 Å². The fraction of sp³-hybridized carbons (Fsp3) is 0.500. The lowest BCUT2D eigenvalue weighted by Gasteiger charge is -2.19. The molecule has 1 saturated carbocycles. The molecule has 18 heavy (non-hydrogen) atoms. The van der Waals surface area contributed by atoms with Gasteiger partial charge in [-0.05, 0) is 37.6 Å². The molecule has 1 fully saturated rings. The standard InChI is InChI=1S/C14H21N3O/c1-2-17(13-6-7-13)9-8-14(18)16-12-5-3-4-11(15)10-12/h3-5,10,13H,2,6-9,15H2,1H3,(H,16,18). The number of nitrogens with two attached hydrogens (primary N) is 1. The number of rotatable bonds is 6. The van der Waals surface area contributed by atoms with Crippen LogP contribution in [0.2, 0.25) is 0 Å². The Morgan fingerprint density at radius 1 is 1.50 bits per heavy atom. The van der Waals surface area contributed by atoms with Gasteiger partial charge >= 0.3 is 0 Å². The number of hydrogen-bond acceptors (Lipinski definition) is 3. The Labute approximate surface area is 108 Å². The molecule has 3 N–H and O–H groups in total. The Morgan fingerprint density at radius 3 is 2.89 bits per heavy atom. The summed E-state index contributed by atoms with van der Waals surface area (Å²) in [5.41, 5.74) is 7.11. The zero-order valence-corrected chi connectivity index (χ0v) is 10.9. The minimum absolute atomic E-state index is 0.0553. The highest BCUT2D eigenvalue weighted by atomic mass is 16.1. The molecule has 4 nitrogen and oxygen atoms in total. The Hall–Kier alpha value is -1.55. The third-order valence-electron chi connectivity index (χ3n) is 3.27. The van der Waals surface area contributed by atoms with E-state index in [1.807, 2.05) is 18.2 Å². The van der Waals surface area contributed by atoms with Crippen LogP contribution in [0.3, 0.4) is 0 Å². The van der Waals surface area contributed by atoms with E-state index in [-0.39, 0.29) is 5.91 Å². The number of anilines is 2. The SMILES string of the molecule is CCN(CCC(=O)Nc1cccc(N)c1)C1CC1. The fourth-order valence-corrected chi connectivity index (χ4v) is 2.12. The predicted octanol–water partition coefficient (Wildman–Crippen LogP) is 2.08. The van der Waals surface area contributed by atoms with Crippen molar-refractivity contribution < 1.29 is 4.79 Å². The molecule has 0 saturated heterocycles. The van der Waals surface area contributed by atoms with Crippen LogP contribution in [-0.4, -0.2) is 29.9 Å². The Balaban J connectivity index is 1.77. The molecule has 0 bridgehead atoms. The van der Waals surface area contributed by atoms with E-state index in [1.165, 1.54) is 12.8 Å². The van der Waals surface area contributed by atoms with E-state index in [0.29, 0.717) is 12.1 Å². The van der Waals surface area contributed by atoms with Crippen molar-refractivity contribution in [3.05, 3.63) is 24.3 Å². The van der Waals surface area contributed by atoms with Gasteiger partial charge in [0.15, 0.2) is 0 Å². The van der Waals surface area contributed by atoms with E-state index in [1.54, 1.807) is 6.07 Å². The van der Waals surface area contributed by atoms with Crippen LogP contribution < -0.4 is 11.1 Å². The number of hydrogen-bond donors (Lipinski definition) is 2. The second-order valence-electron chi connectivity index (χ2n) is 4.78. The van der Waals surface area contributed by atoms with Gasteiger partial charge in [0.25, 0.3) is 0 Å². The molecule has 0 atom stereocenters. The topological polar surface area (TPSA) is 58.4 Å². The minimum Gasteiger partial charge on any atom is -0.399 e. The van der Waals surface area contributed by atoms with Crippen molar-refractivity contribution in [3.63, 3.8) is 0 Å². The normalized spacial score (nSPS) is 14.8. The summed E-state index contributed by atoms with van der Waals surface area (Å²) in [6.07, 6.45) is 3.11. The molecule has 0 aromatic heterocycles. The summed E-state index contributed by atoms with van der Waals surface area (Å²) in [4.78, 5) is 14.2. The van der Waals surface area contributed by atoms with Crippen molar-refractivity contribution in [3.8, 4) is 0 Å². The fourth-order valence-electron chi connectivity index (χ4n) is 2.12. The maximum atomic E-state index is 11.8. The Kier molecular flexibility index (Phi) is 4.20. The van der Waals surface area contributed by atoms with Gasteiger partial charge in [-0.3, -0.25) is 4.79 Å². The average Bonchev–Trinajstić information content (AvgIpc) is 3.14. The van der Waals surface area contributed by atoms with E-state index in [4.69, 9.17) is 5.73 Å². The summed E-state index contributed by atoms with van der Waals surface area (Å²) in [5.74, 6) is 0.0553. The quantitative estimate of drug-likeness (QED) is 0.757. The van der Waals surface area contributed by atoms with Crippen LogP contribution in [0.25, 0.3) is 0 Å². The smallest absolute Gasteiger partial charge is 0.225 e. The monoisotopic (exact) mass is 247 g/mol. The number of carbonyl (C=O) groups is 1. The van der Waals surface area contributed by atoms with Crippen molar-refractivity contribution in [2.45, 2.75) is 32.2 Å². The van der Waals surface area contributed by atoms with E-state index < -0.39 is 0 Å². The first-order valence-corrected chi connectivity index (χ1v) is 6.58. The molecule has 1 aliphatic carbocycles. The molecule has 0 spiro atoms. The summed E-state index contributed by atoms with van der Waals surface area (Å²) in [5, 5.41) is 2.88.